The fourth-order valence-corrected chi connectivity index (χ4v) is 5.20. The van der Waals surface area contributed by atoms with E-state index in [-0.39, 0.29) is 17.4 Å². The van der Waals surface area contributed by atoms with Crippen LogP contribution in [-0.4, -0.2) is 62.1 Å². The Hall–Kier alpha value is -1.49. The molecule has 1 aromatic heterocycles. The average molecular weight is 362 g/mol. The molecule has 128 valence electrons. The number of nitrogens with zero attached hydrogens (tertiary/aromatic N) is 1. The van der Waals surface area contributed by atoms with E-state index in [4.69, 9.17) is 9.84 Å². The van der Waals surface area contributed by atoms with E-state index in [0.29, 0.717) is 12.8 Å². The number of ether oxygens (including phenoxy) is 1. The summed E-state index contributed by atoms with van der Waals surface area (Å²) >= 11 is 1.08. The number of amides is 1. The highest BCUT2D eigenvalue weighted by molar-refractivity contribution is 7.91. The highest BCUT2D eigenvalue weighted by Crippen LogP contribution is 2.28. The van der Waals surface area contributed by atoms with Crippen LogP contribution in [0.15, 0.2) is 21.7 Å². The minimum atomic E-state index is -3.75. The summed E-state index contributed by atoms with van der Waals surface area (Å²) in [4.78, 5) is 23.4. The van der Waals surface area contributed by atoms with Gasteiger partial charge >= 0.3 is 5.97 Å². The maximum absolute atomic E-state index is 12.6. The molecule has 2 unspecified atom stereocenters. The third-order valence-electron chi connectivity index (χ3n) is 3.51. The summed E-state index contributed by atoms with van der Waals surface area (Å²) in [5, 5.41) is 13.0. The Balaban J connectivity index is 2.15. The van der Waals surface area contributed by atoms with Gasteiger partial charge in [-0.1, -0.05) is 6.07 Å². The molecule has 0 saturated carbocycles. The Morgan fingerprint density at radius 1 is 1.57 bits per heavy atom. The second kappa shape index (κ2) is 7.39. The lowest BCUT2D eigenvalue weighted by atomic mass is 10.2. The molecule has 23 heavy (non-hydrogen) atoms. The topological polar surface area (TPSA) is 113 Å². The van der Waals surface area contributed by atoms with Crippen molar-refractivity contribution in [1.29, 1.82) is 0 Å². The molecule has 1 aliphatic heterocycles. The fraction of sp³-hybridized carbons (Fsp3) is 0.538. The van der Waals surface area contributed by atoms with Gasteiger partial charge in [-0.15, -0.1) is 11.3 Å². The van der Waals surface area contributed by atoms with Crippen molar-refractivity contribution in [2.75, 3.05) is 20.3 Å². The molecular weight excluding hydrogens is 344 g/mol. The molecular formula is C13H18N2O6S2. The maximum atomic E-state index is 12.6. The standard InChI is InChI=1S/C13H18N2O6S2/c1-21-8-9(13(17)18)14-12(16)10-4-2-6-15(10)23(19,20)11-5-3-7-22-11/h3,5,7,9-10H,2,4,6,8H2,1H3,(H,14,16)(H,17,18). The highest BCUT2D eigenvalue weighted by atomic mass is 32.2. The Bertz CT molecular complexity index is 658. The monoisotopic (exact) mass is 362 g/mol. The molecule has 2 atom stereocenters. The fourth-order valence-electron chi connectivity index (χ4n) is 2.42. The summed E-state index contributed by atoms with van der Waals surface area (Å²) in [6.07, 6.45) is 0.903. The number of carbonyl (C=O) groups is 2. The number of aliphatic carboxylic acids is 1. The number of carboxylic acid groups (broad SMARTS) is 1. The first-order valence-corrected chi connectivity index (χ1v) is 9.27. The van der Waals surface area contributed by atoms with Crippen molar-refractivity contribution in [1.82, 2.24) is 9.62 Å². The van der Waals surface area contributed by atoms with Crippen LogP contribution in [0.4, 0.5) is 0 Å². The lowest BCUT2D eigenvalue weighted by Gasteiger charge is -2.24. The van der Waals surface area contributed by atoms with E-state index in [1.54, 1.807) is 11.4 Å². The zero-order chi connectivity index (χ0) is 17.0. The molecule has 0 spiro atoms. The van der Waals surface area contributed by atoms with Crippen molar-refractivity contribution in [3.8, 4) is 0 Å². The lowest BCUT2D eigenvalue weighted by molar-refractivity contribution is -0.143. The Morgan fingerprint density at radius 2 is 2.30 bits per heavy atom. The number of hydrogen-bond acceptors (Lipinski definition) is 6. The van der Waals surface area contributed by atoms with Crippen molar-refractivity contribution in [2.45, 2.75) is 29.1 Å². The van der Waals surface area contributed by atoms with Gasteiger partial charge in [-0.3, -0.25) is 4.79 Å². The van der Waals surface area contributed by atoms with Gasteiger partial charge in [0.2, 0.25) is 5.91 Å². The van der Waals surface area contributed by atoms with E-state index in [0.717, 1.165) is 15.6 Å². The van der Waals surface area contributed by atoms with Crippen molar-refractivity contribution in [2.24, 2.45) is 0 Å². The summed E-state index contributed by atoms with van der Waals surface area (Å²) < 4.78 is 31.2. The molecule has 1 fully saturated rings. The number of carbonyl (C=O) groups excluding carboxylic acids is 1. The molecule has 0 aliphatic carbocycles. The largest absolute Gasteiger partial charge is 0.480 e. The Labute approximate surface area is 138 Å². The van der Waals surface area contributed by atoms with E-state index < -0.39 is 34.0 Å². The second-order valence-corrected chi connectivity index (χ2v) is 8.13. The van der Waals surface area contributed by atoms with Crippen LogP contribution in [0, 0.1) is 0 Å². The number of nitrogens with one attached hydrogen (secondary N) is 1. The summed E-state index contributed by atoms with van der Waals surface area (Å²) in [6, 6.07) is 1.00. The van der Waals surface area contributed by atoms with Gasteiger partial charge in [-0.05, 0) is 24.3 Å². The van der Waals surface area contributed by atoms with Crippen LogP contribution in [0.25, 0.3) is 0 Å². The predicted octanol–water partition coefficient (Wildman–Crippen LogP) is 0.117. The van der Waals surface area contributed by atoms with Gasteiger partial charge in [0.1, 0.15) is 10.3 Å². The smallest absolute Gasteiger partial charge is 0.328 e. The van der Waals surface area contributed by atoms with Crippen LogP contribution in [0.2, 0.25) is 0 Å². The summed E-state index contributed by atoms with van der Waals surface area (Å²) in [5.41, 5.74) is 0. The van der Waals surface area contributed by atoms with Crippen LogP contribution in [0.5, 0.6) is 0 Å². The zero-order valence-corrected chi connectivity index (χ0v) is 14.1. The molecule has 1 saturated heterocycles. The number of carboxylic acids is 1. The van der Waals surface area contributed by atoms with E-state index in [9.17, 15) is 18.0 Å². The van der Waals surface area contributed by atoms with Gasteiger partial charge in [-0.25, -0.2) is 13.2 Å². The van der Waals surface area contributed by atoms with Crippen LogP contribution in [-0.2, 0) is 24.3 Å². The third kappa shape index (κ3) is 3.89. The van der Waals surface area contributed by atoms with Crippen LogP contribution in [0.1, 0.15) is 12.8 Å². The van der Waals surface area contributed by atoms with Crippen molar-refractivity contribution < 1.29 is 27.9 Å². The van der Waals surface area contributed by atoms with Gasteiger partial charge in [0.05, 0.1) is 6.61 Å². The summed E-state index contributed by atoms with van der Waals surface area (Å²) in [5.74, 6) is -1.85. The third-order valence-corrected chi connectivity index (χ3v) is 6.79. The molecule has 2 heterocycles. The van der Waals surface area contributed by atoms with Gasteiger partial charge in [-0.2, -0.15) is 4.31 Å². The number of thiophene rings is 1. The molecule has 0 bridgehead atoms. The van der Waals surface area contributed by atoms with Gasteiger partial charge in [0.25, 0.3) is 10.0 Å². The molecule has 2 N–H and O–H groups in total. The molecule has 10 heteroatoms. The van der Waals surface area contributed by atoms with E-state index in [2.05, 4.69) is 5.32 Å². The Morgan fingerprint density at radius 3 is 2.87 bits per heavy atom. The molecule has 0 radical (unpaired) electrons. The Kier molecular flexibility index (Phi) is 5.74. The maximum Gasteiger partial charge on any atom is 0.328 e. The molecule has 1 aliphatic rings. The minimum Gasteiger partial charge on any atom is -0.480 e. The number of methoxy groups -OCH3 is 1. The first-order valence-electron chi connectivity index (χ1n) is 6.95. The number of rotatable bonds is 7. The van der Waals surface area contributed by atoms with Gasteiger partial charge in [0, 0.05) is 13.7 Å². The SMILES string of the molecule is COCC(NC(=O)C1CCCN1S(=O)(=O)c1cccs1)C(=O)O. The van der Waals surface area contributed by atoms with Crippen LogP contribution < -0.4 is 5.32 Å². The summed E-state index contributed by atoms with van der Waals surface area (Å²) in [7, 11) is -2.42. The van der Waals surface area contributed by atoms with E-state index in [1.807, 2.05) is 0 Å². The minimum absolute atomic E-state index is 0.170. The quantitative estimate of drug-likeness (QED) is 0.712. The molecule has 2 rings (SSSR count). The van der Waals surface area contributed by atoms with Crippen LogP contribution in [0.3, 0.4) is 0 Å². The molecule has 1 amide bonds. The first-order chi connectivity index (χ1) is 10.9. The number of hydrogen-bond donors (Lipinski definition) is 2. The van der Waals surface area contributed by atoms with Crippen molar-refractivity contribution in [3.63, 3.8) is 0 Å². The predicted molar refractivity (Wildman–Crippen MR) is 82.7 cm³/mol. The molecule has 8 nitrogen and oxygen atoms in total. The lowest BCUT2D eigenvalue weighted by Crippen LogP contribution is -2.52. The van der Waals surface area contributed by atoms with E-state index in [1.165, 1.54) is 13.2 Å². The van der Waals surface area contributed by atoms with Gasteiger partial charge in [0.15, 0.2) is 6.04 Å². The first kappa shape index (κ1) is 17.9. The van der Waals surface area contributed by atoms with Crippen molar-refractivity contribution >= 4 is 33.2 Å². The normalized spacial score (nSPS) is 20.3. The number of sulfonamides is 1. The molecule has 0 aromatic carbocycles. The average Bonchev–Trinajstić information content (AvgIpc) is 3.18. The molecule has 1 aromatic rings. The zero-order valence-electron chi connectivity index (χ0n) is 12.5. The highest BCUT2D eigenvalue weighted by Gasteiger charge is 2.40. The van der Waals surface area contributed by atoms with Crippen molar-refractivity contribution in [3.05, 3.63) is 17.5 Å². The second-order valence-electron chi connectivity index (χ2n) is 5.06. The van der Waals surface area contributed by atoms with Crippen LogP contribution >= 0.6 is 11.3 Å². The van der Waals surface area contributed by atoms with Gasteiger partial charge < -0.3 is 15.2 Å². The van der Waals surface area contributed by atoms with E-state index >= 15 is 0 Å². The summed E-state index contributed by atoms with van der Waals surface area (Å²) in [6.45, 7) is 0.0474.